The molecular weight excluding hydrogens is 652 g/mol. The van der Waals surface area contributed by atoms with Gasteiger partial charge in [0.25, 0.3) is 0 Å². The second-order valence-electron chi connectivity index (χ2n) is 14.0. The number of hydrogen-bond acceptors (Lipinski definition) is 10. The van der Waals surface area contributed by atoms with Gasteiger partial charge < -0.3 is 24.3 Å². The van der Waals surface area contributed by atoms with Crippen molar-refractivity contribution in [1.82, 2.24) is 10.3 Å². The van der Waals surface area contributed by atoms with Gasteiger partial charge >= 0.3 is 11.9 Å². The fraction of sp³-hybridized carbons (Fsp3) is 0.622. The summed E-state index contributed by atoms with van der Waals surface area (Å²) in [6.07, 6.45) is 10.4. The van der Waals surface area contributed by atoms with Crippen molar-refractivity contribution < 1.29 is 43.1 Å². The summed E-state index contributed by atoms with van der Waals surface area (Å²) in [5.74, 6) is 0.334. The maximum atomic E-state index is 13.3. The van der Waals surface area contributed by atoms with E-state index in [-0.39, 0.29) is 49.7 Å². The molecule has 2 bridgehead atoms. The Kier molecular flexibility index (Phi) is 10.8. The summed E-state index contributed by atoms with van der Waals surface area (Å²) in [6.45, 7) is 6.14. The van der Waals surface area contributed by atoms with E-state index >= 15 is 0 Å². The zero-order valence-electron chi connectivity index (χ0n) is 28.3. The highest BCUT2D eigenvalue weighted by molar-refractivity contribution is 6.31. The van der Waals surface area contributed by atoms with Crippen LogP contribution in [-0.4, -0.2) is 59.9 Å². The van der Waals surface area contributed by atoms with Crippen molar-refractivity contribution in [1.29, 1.82) is 0 Å². The van der Waals surface area contributed by atoms with Crippen molar-refractivity contribution in [2.24, 2.45) is 23.7 Å². The number of nitrogens with zero attached hydrogens (tertiary/aromatic N) is 1. The van der Waals surface area contributed by atoms with Crippen LogP contribution in [0.25, 0.3) is 10.9 Å². The highest BCUT2D eigenvalue weighted by Crippen LogP contribution is 2.60. The van der Waals surface area contributed by atoms with Gasteiger partial charge in [0, 0.05) is 41.3 Å². The molecule has 9 atom stereocenters. The second kappa shape index (κ2) is 14.9. The zero-order chi connectivity index (χ0) is 34.8. The number of esters is 2. The van der Waals surface area contributed by atoms with Crippen molar-refractivity contribution in [2.75, 3.05) is 13.2 Å². The highest BCUT2D eigenvalue weighted by Gasteiger charge is 2.69. The van der Waals surface area contributed by atoms with Gasteiger partial charge in [-0.25, -0.2) is 9.78 Å². The molecule has 1 spiro atoms. The Bertz CT molecular complexity index is 1600. The SMILES string of the molecule is C#CCCCC(C(=O)NCCOC(=O)CCC(=O)O[C@@H]1O[C@@H]2O[C@@]3(C)CC[C@H]4[C@H](C)CCC([C@H]1C)[C@@]24OO3)c1ccnc2cc(Cl)ccc12. The molecule has 1 saturated carbocycles. The van der Waals surface area contributed by atoms with Gasteiger partial charge in [-0.05, 0) is 74.6 Å². The number of halogens is 1. The van der Waals surface area contributed by atoms with E-state index in [1.165, 1.54) is 0 Å². The Balaban J connectivity index is 0.977. The van der Waals surface area contributed by atoms with Gasteiger partial charge in [0.2, 0.25) is 18.0 Å². The van der Waals surface area contributed by atoms with Crippen molar-refractivity contribution in [2.45, 2.75) is 108 Å². The predicted octanol–water partition coefficient (Wildman–Crippen LogP) is 5.97. The molecule has 4 aliphatic heterocycles. The number of pyridine rings is 1. The van der Waals surface area contributed by atoms with E-state index < -0.39 is 41.8 Å². The van der Waals surface area contributed by atoms with Crippen LogP contribution in [0, 0.1) is 36.0 Å². The summed E-state index contributed by atoms with van der Waals surface area (Å²) in [6, 6.07) is 7.21. The minimum Gasteiger partial charge on any atom is -0.464 e. The van der Waals surface area contributed by atoms with Gasteiger partial charge in [-0.15, -0.1) is 12.3 Å². The molecule has 1 amide bonds. The summed E-state index contributed by atoms with van der Waals surface area (Å²) in [5, 5.41) is 4.26. The molecule has 1 aromatic carbocycles. The lowest BCUT2D eigenvalue weighted by Gasteiger charge is -2.59. The van der Waals surface area contributed by atoms with Gasteiger partial charge in [-0.2, -0.15) is 0 Å². The van der Waals surface area contributed by atoms with Gasteiger partial charge in [0.05, 0.1) is 30.8 Å². The summed E-state index contributed by atoms with van der Waals surface area (Å²) in [5.41, 5.74) is 0.766. The Labute approximate surface area is 291 Å². The number of carbonyl (C=O) groups excluding carboxylic acids is 3. The maximum Gasteiger partial charge on any atom is 0.308 e. The second-order valence-corrected chi connectivity index (χ2v) is 14.4. The van der Waals surface area contributed by atoms with Gasteiger partial charge in [-0.1, -0.05) is 31.5 Å². The maximum absolute atomic E-state index is 13.3. The number of unbranched alkanes of at least 4 members (excludes halogenated alkanes) is 1. The van der Waals surface area contributed by atoms with Crippen LogP contribution < -0.4 is 5.32 Å². The molecule has 49 heavy (non-hydrogen) atoms. The van der Waals surface area contributed by atoms with E-state index in [1.807, 2.05) is 26.0 Å². The van der Waals surface area contributed by atoms with Gasteiger partial charge in [0.15, 0.2) is 11.9 Å². The van der Waals surface area contributed by atoms with Crippen LogP contribution in [0.15, 0.2) is 30.5 Å². The molecule has 1 aliphatic carbocycles. The number of terminal acetylenes is 1. The van der Waals surface area contributed by atoms with Crippen LogP contribution in [0.1, 0.15) is 90.0 Å². The van der Waals surface area contributed by atoms with Crippen LogP contribution in [-0.2, 0) is 43.1 Å². The van der Waals surface area contributed by atoms with Crippen LogP contribution in [0.5, 0.6) is 0 Å². The average Bonchev–Trinajstić information content (AvgIpc) is 3.31. The first-order chi connectivity index (χ1) is 23.5. The first kappa shape index (κ1) is 35.6. The van der Waals surface area contributed by atoms with E-state index in [1.54, 1.807) is 18.3 Å². The minimum absolute atomic E-state index is 0.0146. The zero-order valence-corrected chi connectivity index (χ0v) is 29.0. The van der Waals surface area contributed by atoms with Crippen LogP contribution in [0.3, 0.4) is 0 Å². The molecule has 5 heterocycles. The molecular formula is C37H45ClN2O9. The van der Waals surface area contributed by atoms with Crippen LogP contribution in [0.4, 0.5) is 0 Å². The van der Waals surface area contributed by atoms with Crippen molar-refractivity contribution in [3.63, 3.8) is 0 Å². The Morgan fingerprint density at radius 1 is 1.12 bits per heavy atom. The smallest absolute Gasteiger partial charge is 0.308 e. The highest BCUT2D eigenvalue weighted by atomic mass is 35.5. The number of fused-ring (bicyclic) bond motifs is 3. The fourth-order valence-electron chi connectivity index (χ4n) is 8.22. The first-order valence-electron chi connectivity index (χ1n) is 17.3. The topological polar surface area (TPSA) is 132 Å². The number of benzene rings is 1. The molecule has 4 saturated heterocycles. The fourth-order valence-corrected chi connectivity index (χ4v) is 8.38. The van der Waals surface area contributed by atoms with E-state index in [4.69, 9.17) is 46.7 Å². The van der Waals surface area contributed by atoms with E-state index in [0.29, 0.717) is 42.1 Å². The first-order valence-corrected chi connectivity index (χ1v) is 17.7. The van der Waals surface area contributed by atoms with Crippen molar-refractivity contribution in [3.05, 3.63) is 41.0 Å². The lowest BCUT2D eigenvalue weighted by Crippen LogP contribution is -2.70. The van der Waals surface area contributed by atoms with E-state index in [0.717, 1.165) is 30.2 Å². The summed E-state index contributed by atoms with van der Waals surface area (Å²) >= 11 is 6.15. The third-order valence-corrected chi connectivity index (χ3v) is 11.0. The lowest BCUT2D eigenvalue weighted by molar-refractivity contribution is -0.576. The van der Waals surface area contributed by atoms with Crippen LogP contribution >= 0.6 is 11.6 Å². The third-order valence-electron chi connectivity index (χ3n) is 10.8. The number of ether oxygens (including phenoxy) is 4. The molecule has 12 heteroatoms. The van der Waals surface area contributed by atoms with E-state index in [2.05, 4.69) is 23.1 Å². The quantitative estimate of drug-likeness (QED) is 0.123. The van der Waals surface area contributed by atoms with E-state index in [9.17, 15) is 14.4 Å². The standard InChI is InChI=1S/C37H45ClN2O9/c1-5-6-7-8-27(25-16-18-39-30-21-24(38)10-11-26(25)30)33(43)40-19-20-44-31(41)13-14-32(42)45-34-23(3)29-12-9-22(2)28-15-17-36(4)47-35(46-34)37(28,29)49-48-36/h1,10-11,16,18,21-23,27-29,34-35H,6-9,12-15,17,19-20H2,2-4H3,(H,40,43)/t22-,23-,27?,28+,29?,34-,35-,36-,37-/m1/s1. The molecule has 2 aromatic rings. The Morgan fingerprint density at radius 3 is 2.76 bits per heavy atom. The van der Waals surface area contributed by atoms with Gasteiger partial charge in [0.1, 0.15) is 6.61 Å². The molecule has 2 unspecified atom stereocenters. The molecule has 0 radical (unpaired) electrons. The summed E-state index contributed by atoms with van der Waals surface area (Å²) in [4.78, 5) is 55.1. The number of nitrogens with one attached hydrogen (secondary N) is 1. The Morgan fingerprint density at radius 2 is 1.94 bits per heavy atom. The van der Waals surface area contributed by atoms with Gasteiger partial charge in [-0.3, -0.25) is 19.4 Å². The lowest BCUT2D eigenvalue weighted by atomic mass is 9.58. The number of carbonyl (C=O) groups is 3. The normalized spacial score (nSPS) is 32.3. The number of amides is 1. The Hall–Kier alpha value is -3.27. The molecule has 5 aliphatic rings. The summed E-state index contributed by atoms with van der Waals surface area (Å²) < 4.78 is 23.7. The molecule has 5 fully saturated rings. The largest absolute Gasteiger partial charge is 0.464 e. The minimum atomic E-state index is -0.930. The molecule has 1 N–H and O–H groups in total. The van der Waals surface area contributed by atoms with Crippen molar-refractivity contribution in [3.8, 4) is 12.3 Å². The summed E-state index contributed by atoms with van der Waals surface area (Å²) in [7, 11) is 0. The van der Waals surface area contributed by atoms with Crippen LogP contribution in [0.2, 0.25) is 5.02 Å². The third kappa shape index (κ3) is 7.31. The molecule has 264 valence electrons. The number of aromatic nitrogens is 1. The average molecular weight is 697 g/mol. The molecule has 7 rings (SSSR count). The number of hydrogen-bond donors (Lipinski definition) is 1. The monoisotopic (exact) mass is 696 g/mol. The van der Waals surface area contributed by atoms with Crippen molar-refractivity contribution >= 4 is 40.3 Å². The molecule has 1 aromatic heterocycles. The number of rotatable bonds is 12. The predicted molar refractivity (Wildman–Crippen MR) is 178 cm³/mol. The molecule has 11 nitrogen and oxygen atoms in total.